The highest BCUT2D eigenvalue weighted by Gasteiger charge is 2.01. The van der Waals surface area contributed by atoms with Crippen molar-refractivity contribution < 1.29 is 0 Å². The molecule has 0 heterocycles. The SMILES string of the molecule is CN(CCc1ccc(Cl)cc1)c1cccc(N)c1. The summed E-state index contributed by atoms with van der Waals surface area (Å²) in [7, 11) is 2.07. The highest BCUT2D eigenvalue weighted by molar-refractivity contribution is 6.30. The van der Waals surface area contributed by atoms with Gasteiger partial charge in [0.2, 0.25) is 0 Å². The molecule has 2 aromatic rings. The quantitative estimate of drug-likeness (QED) is 0.851. The Balaban J connectivity index is 1.96. The van der Waals surface area contributed by atoms with Crippen LogP contribution >= 0.6 is 11.6 Å². The lowest BCUT2D eigenvalue weighted by Crippen LogP contribution is -2.20. The fraction of sp³-hybridized carbons (Fsp3) is 0.200. The molecule has 18 heavy (non-hydrogen) atoms. The zero-order valence-corrected chi connectivity index (χ0v) is 11.2. The Bertz CT molecular complexity index is 508. The number of anilines is 2. The van der Waals surface area contributed by atoms with Crippen LogP contribution in [0, 0.1) is 0 Å². The molecule has 2 rings (SSSR count). The van der Waals surface area contributed by atoms with E-state index in [-0.39, 0.29) is 0 Å². The average molecular weight is 261 g/mol. The summed E-state index contributed by atoms with van der Waals surface area (Å²) in [5.41, 5.74) is 9.01. The lowest BCUT2D eigenvalue weighted by Gasteiger charge is -2.19. The molecule has 2 nitrogen and oxygen atoms in total. The van der Waals surface area contributed by atoms with Gasteiger partial charge in [0.05, 0.1) is 0 Å². The lowest BCUT2D eigenvalue weighted by molar-refractivity contribution is 0.877. The van der Waals surface area contributed by atoms with E-state index in [1.807, 2.05) is 30.3 Å². The molecule has 94 valence electrons. The third-order valence-electron chi connectivity index (χ3n) is 2.96. The van der Waals surface area contributed by atoms with Gasteiger partial charge in [-0.15, -0.1) is 0 Å². The van der Waals surface area contributed by atoms with Crippen molar-refractivity contribution in [1.29, 1.82) is 0 Å². The van der Waals surface area contributed by atoms with Crippen LogP contribution in [0.15, 0.2) is 48.5 Å². The Morgan fingerprint density at radius 1 is 1.11 bits per heavy atom. The van der Waals surface area contributed by atoms with Crippen LogP contribution in [0.4, 0.5) is 11.4 Å². The van der Waals surface area contributed by atoms with Crippen molar-refractivity contribution in [2.75, 3.05) is 24.2 Å². The number of hydrogen-bond donors (Lipinski definition) is 1. The summed E-state index contributed by atoms with van der Waals surface area (Å²) in [6.07, 6.45) is 0.989. The fourth-order valence-corrected chi connectivity index (χ4v) is 1.97. The first-order valence-corrected chi connectivity index (χ1v) is 6.34. The summed E-state index contributed by atoms with van der Waals surface area (Å²) in [6, 6.07) is 15.9. The molecule has 0 radical (unpaired) electrons. The zero-order chi connectivity index (χ0) is 13.0. The van der Waals surface area contributed by atoms with Crippen molar-refractivity contribution in [1.82, 2.24) is 0 Å². The summed E-state index contributed by atoms with van der Waals surface area (Å²) < 4.78 is 0. The number of rotatable bonds is 4. The molecular formula is C15H17ClN2. The summed E-state index contributed by atoms with van der Waals surface area (Å²) in [5.74, 6) is 0. The molecule has 2 N–H and O–H groups in total. The van der Waals surface area contributed by atoms with E-state index in [0.717, 1.165) is 29.4 Å². The molecule has 0 unspecified atom stereocenters. The fourth-order valence-electron chi connectivity index (χ4n) is 1.84. The van der Waals surface area contributed by atoms with E-state index in [2.05, 4.69) is 30.1 Å². The van der Waals surface area contributed by atoms with Crippen LogP contribution < -0.4 is 10.6 Å². The number of nitrogens with two attached hydrogens (primary N) is 1. The molecular weight excluding hydrogens is 244 g/mol. The van der Waals surface area contributed by atoms with Gasteiger partial charge in [-0.1, -0.05) is 29.8 Å². The number of benzene rings is 2. The molecule has 0 spiro atoms. The van der Waals surface area contributed by atoms with E-state index in [0.29, 0.717) is 0 Å². The maximum absolute atomic E-state index is 5.86. The van der Waals surface area contributed by atoms with Crippen molar-refractivity contribution in [2.24, 2.45) is 0 Å². The van der Waals surface area contributed by atoms with Crippen LogP contribution in [0.3, 0.4) is 0 Å². The van der Waals surface area contributed by atoms with E-state index < -0.39 is 0 Å². The predicted molar refractivity (Wildman–Crippen MR) is 79.3 cm³/mol. The van der Waals surface area contributed by atoms with Crippen molar-refractivity contribution in [3.05, 3.63) is 59.1 Å². The molecule has 0 aliphatic heterocycles. The van der Waals surface area contributed by atoms with Crippen molar-refractivity contribution >= 4 is 23.0 Å². The summed E-state index contributed by atoms with van der Waals surface area (Å²) in [6.45, 7) is 0.949. The Hall–Kier alpha value is -1.67. The van der Waals surface area contributed by atoms with E-state index >= 15 is 0 Å². The van der Waals surface area contributed by atoms with Gasteiger partial charge in [0.15, 0.2) is 0 Å². The van der Waals surface area contributed by atoms with Gasteiger partial charge in [-0.25, -0.2) is 0 Å². The van der Waals surface area contributed by atoms with E-state index in [9.17, 15) is 0 Å². The minimum absolute atomic E-state index is 0.780. The van der Waals surface area contributed by atoms with Crippen LogP contribution in [0.1, 0.15) is 5.56 Å². The number of nitrogen functional groups attached to an aromatic ring is 1. The summed E-state index contributed by atoms with van der Waals surface area (Å²) in [5, 5.41) is 0.780. The first kappa shape index (κ1) is 12.8. The van der Waals surface area contributed by atoms with E-state index in [1.54, 1.807) is 0 Å². The zero-order valence-electron chi connectivity index (χ0n) is 10.4. The summed E-state index contributed by atoms with van der Waals surface area (Å²) in [4.78, 5) is 2.20. The third-order valence-corrected chi connectivity index (χ3v) is 3.21. The largest absolute Gasteiger partial charge is 0.399 e. The Labute approximate surface area is 113 Å². The van der Waals surface area contributed by atoms with Gasteiger partial charge in [-0.2, -0.15) is 0 Å². The van der Waals surface area contributed by atoms with Crippen molar-refractivity contribution in [3.8, 4) is 0 Å². The molecule has 0 saturated heterocycles. The molecule has 2 aromatic carbocycles. The van der Waals surface area contributed by atoms with E-state index in [1.165, 1.54) is 5.56 Å². The van der Waals surface area contributed by atoms with Crippen molar-refractivity contribution in [2.45, 2.75) is 6.42 Å². The summed E-state index contributed by atoms with van der Waals surface area (Å²) >= 11 is 5.86. The van der Waals surface area contributed by atoms with Crippen LogP contribution in [-0.2, 0) is 6.42 Å². The molecule has 0 atom stereocenters. The minimum atomic E-state index is 0.780. The second-order valence-corrected chi connectivity index (χ2v) is 4.83. The number of likely N-dealkylation sites (N-methyl/N-ethyl adjacent to an activating group) is 1. The highest BCUT2D eigenvalue weighted by Crippen LogP contribution is 2.17. The van der Waals surface area contributed by atoms with Crippen LogP contribution in [0.5, 0.6) is 0 Å². The third kappa shape index (κ3) is 3.41. The maximum atomic E-state index is 5.86. The Morgan fingerprint density at radius 3 is 2.50 bits per heavy atom. The first-order valence-electron chi connectivity index (χ1n) is 5.96. The molecule has 0 bridgehead atoms. The molecule has 0 saturated carbocycles. The molecule has 0 aromatic heterocycles. The maximum Gasteiger partial charge on any atom is 0.0406 e. The first-order chi connectivity index (χ1) is 8.65. The van der Waals surface area contributed by atoms with Gasteiger partial charge in [-0.05, 0) is 42.3 Å². The normalized spacial score (nSPS) is 10.3. The van der Waals surface area contributed by atoms with Gasteiger partial charge >= 0.3 is 0 Å². The molecule has 0 fully saturated rings. The van der Waals surface area contributed by atoms with Crippen LogP contribution in [0.2, 0.25) is 5.02 Å². The highest BCUT2D eigenvalue weighted by atomic mass is 35.5. The van der Waals surface area contributed by atoms with Crippen LogP contribution in [-0.4, -0.2) is 13.6 Å². The van der Waals surface area contributed by atoms with Gasteiger partial charge in [0, 0.05) is 30.0 Å². The second kappa shape index (κ2) is 5.78. The number of hydrogen-bond acceptors (Lipinski definition) is 2. The van der Waals surface area contributed by atoms with Crippen LogP contribution in [0.25, 0.3) is 0 Å². The second-order valence-electron chi connectivity index (χ2n) is 4.39. The van der Waals surface area contributed by atoms with Gasteiger partial charge in [0.1, 0.15) is 0 Å². The average Bonchev–Trinajstić information content (AvgIpc) is 2.38. The molecule has 0 aliphatic rings. The Kier molecular flexibility index (Phi) is 4.11. The van der Waals surface area contributed by atoms with E-state index in [4.69, 9.17) is 17.3 Å². The monoisotopic (exact) mass is 260 g/mol. The molecule has 0 aliphatic carbocycles. The predicted octanol–water partition coefficient (Wildman–Crippen LogP) is 3.60. The van der Waals surface area contributed by atoms with Gasteiger partial charge < -0.3 is 10.6 Å². The standard InChI is InChI=1S/C15H17ClN2/c1-18(15-4-2-3-14(17)11-15)10-9-12-5-7-13(16)8-6-12/h2-8,11H,9-10,17H2,1H3. The minimum Gasteiger partial charge on any atom is -0.399 e. The topological polar surface area (TPSA) is 29.3 Å². The Morgan fingerprint density at radius 2 is 1.83 bits per heavy atom. The number of nitrogens with zero attached hydrogens (tertiary/aromatic N) is 1. The number of halogens is 1. The molecule has 0 amide bonds. The van der Waals surface area contributed by atoms with Gasteiger partial charge in [0.25, 0.3) is 0 Å². The van der Waals surface area contributed by atoms with Crippen molar-refractivity contribution in [3.63, 3.8) is 0 Å². The molecule has 3 heteroatoms. The lowest BCUT2D eigenvalue weighted by atomic mass is 10.1. The van der Waals surface area contributed by atoms with Gasteiger partial charge in [-0.3, -0.25) is 0 Å². The smallest absolute Gasteiger partial charge is 0.0406 e.